The summed E-state index contributed by atoms with van der Waals surface area (Å²) in [6.45, 7) is 0. The van der Waals surface area contributed by atoms with Crippen molar-refractivity contribution in [1.82, 2.24) is 14.9 Å². The fourth-order valence-electron chi connectivity index (χ4n) is 4.60. The Bertz CT molecular complexity index is 1510. The minimum atomic E-state index is -0.515. The van der Waals surface area contributed by atoms with Crippen LogP contribution in [0.3, 0.4) is 0 Å². The first-order valence-corrected chi connectivity index (χ1v) is 10.9. The van der Waals surface area contributed by atoms with Crippen molar-refractivity contribution in [2.45, 2.75) is 12.5 Å². The standard InChI is InChI=1S/C28H19N3O2/c32-27-19-11-4-5-12-20(19)28(33)31(27)25(17-18-9-2-1-3-10-18)21-13-8-16-24-26(21)30-23-15-7-6-14-22(23)29-24/h1-16,25H,17H2. The highest BCUT2D eigenvalue weighted by Crippen LogP contribution is 2.36. The third kappa shape index (κ3) is 3.17. The van der Waals surface area contributed by atoms with Crippen LogP contribution >= 0.6 is 0 Å². The Morgan fingerprint density at radius 1 is 0.606 bits per heavy atom. The highest BCUT2D eigenvalue weighted by Gasteiger charge is 2.41. The highest BCUT2D eigenvalue weighted by atomic mass is 16.2. The Hall–Kier alpha value is -4.38. The van der Waals surface area contributed by atoms with E-state index in [1.54, 1.807) is 24.3 Å². The monoisotopic (exact) mass is 429 g/mol. The molecule has 0 bridgehead atoms. The first-order valence-electron chi connectivity index (χ1n) is 10.9. The van der Waals surface area contributed by atoms with Crippen molar-refractivity contribution in [2.24, 2.45) is 0 Å². The molecule has 1 aromatic heterocycles. The maximum Gasteiger partial charge on any atom is 0.262 e. The van der Waals surface area contributed by atoms with Crippen LogP contribution in [-0.4, -0.2) is 26.7 Å². The van der Waals surface area contributed by atoms with E-state index in [0.717, 1.165) is 27.7 Å². The Labute approximate surface area is 190 Å². The minimum absolute atomic E-state index is 0.276. The second-order valence-electron chi connectivity index (χ2n) is 8.16. The zero-order chi connectivity index (χ0) is 22.4. The predicted molar refractivity (Wildman–Crippen MR) is 127 cm³/mol. The van der Waals surface area contributed by atoms with E-state index in [9.17, 15) is 9.59 Å². The van der Waals surface area contributed by atoms with Gasteiger partial charge in [-0.25, -0.2) is 9.97 Å². The summed E-state index contributed by atoms with van der Waals surface area (Å²) < 4.78 is 0. The van der Waals surface area contributed by atoms with E-state index >= 15 is 0 Å². The summed E-state index contributed by atoms with van der Waals surface area (Å²) in [5.74, 6) is -0.551. The van der Waals surface area contributed by atoms with Crippen LogP contribution in [0, 0.1) is 0 Å². The van der Waals surface area contributed by atoms with E-state index < -0.39 is 6.04 Å². The molecule has 2 heterocycles. The molecule has 5 aromatic rings. The second kappa shape index (κ2) is 7.64. The predicted octanol–water partition coefficient (Wildman–Crippen LogP) is 5.36. The van der Waals surface area contributed by atoms with Gasteiger partial charge in [0.05, 0.1) is 39.2 Å². The lowest BCUT2D eigenvalue weighted by molar-refractivity contribution is 0.0582. The summed E-state index contributed by atoms with van der Waals surface area (Å²) in [7, 11) is 0. The Morgan fingerprint density at radius 2 is 1.18 bits per heavy atom. The number of imide groups is 1. The van der Waals surface area contributed by atoms with Gasteiger partial charge in [-0.05, 0) is 42.3 Å². The maximum atomic E-state index is 13.4. The molecule has 4 aromatic carbocycles. The molecular weight excluding hydrogens is 410 g/mol. The molecule has 0 fully saturated rings. The Morgan fingerprint density at radius 3 is 1.88 bits per heavy atom. The van der Waals surface area contributed by atoms with Crippen molar-refractivity contribution in [1.29, 1.82) is 0 Å². The maximum absolute atomic E-state index is 13.4. The van der Waals surface area contributed by atoms with Gasteiger partial charge in [0.1, 0.15) is 0 Å². The van der Waals surface area contributed by atoms with Gasteiger partial charge in [-0.3, -0.25) is 14.5 Å². The molecule has 5 heteroatoms. The van der Waals surface area contributed by atoms with E-state index in [4.69, 9.17) is 9.97 Å². The SMILES string of the molecule is O=C1c2ccccc2C(=O)N1C(Cc1ccccc1)c1cccc2nc3ccccc3nc12. The fourth-order valence-corrected chi connectivity index (χ4v) is 4.60. The molecule has 33 heavy (non-hydrogen) atoms. The first kappa shape index (κ1) is 19.3. The Balaban J connectivity index is 1.56. The fraction of sp³-hybridized carbons (Fsp3) is 0.0714. The van der Waals surface area contributed by atoms with Crippen molar-refractivity contribution in [2.75, 3.05) is 0 Å². The molecular formula is C28H19N3O2. The molecule has 1 aliphatic rings. The number of hydrogen-bond donors (Lipinski definition) is 0. The summed E-state index contributed by atoms with van der Waals surface area (Å²) >= 11 is 0. The van der Waals surface area contributed by atoms with Gasteiger partial charge < -0.3 is 0 Å². The number of carbonyl (C=O) groups is 2. The van der Waals surface area contributed by atoms with Crippen molar-refractivity contribution >= 4 is 33.9 Å². The normalized spacial score (nSPS) is 14.1. The quantitative estimate of drug-likeness (QED) is 0.285. The van der Waals surface area contributed by atoms with Gasteiger partial charge in [-0.15, -0.1) is 0 Å². The molecule has 0 radical (unpaired) electrons. The first-order chi connectivity index (χ1) is 16.2. The average Bonchev–Trinajstić information content (AvgIpc) is 3.11. The van der Waals surface area contributed by atoms with Gasteiger partial charge in [0, 0.05) is 5.56 Å². The van der Waals surface area contributed by atoms with E-state index in [1.807, 2.05) is 72.8 Å². The number of hydrogen-bond acceptors (Lipinski definition) is 4. The van der Waals surface area contributed by atoms with Crippen molar-refractivity contribution < 1.29 is 9.59 Å². The summed E-state index contributed by atoms with van der Waals surface area (Å²) in [4.78, 5) is 37.9. The van der Waals surface area contributed by atoms with E-state index in [1.165, 1.54) is 4.90 Å². The van der Waals surface area contributed by atoms with Gasteiger partial charge in [-0.2, -0.15) is 0 Å². The molecule has 6 rings (SSSR count). The molecule has 1 atom stereocenters. The van der Waals surface area contributed by atoms with Crippen LogP contribution in [0.5, 0.6) is 0 Å². The van der Waals surface area contributed by atoms with E-state index in [-0.39, 0.29) is 11.8 Å². The smallest absolute Gasteiger partial charge is 0.262 e. The van der Waals surface area contributed by atoms with Crippen LogP contribution in [0.15, 0.2) is 97.1 Å². The zero-order valence-corrected chi connectivity index (χ0v) is 17.7. The number of aromatic nitrogens is 2. The molecule has 0 spiro atoms. The van der Waals surface area contributed by atoms with Gasteiger partial charge in [0.2, 0.25) is 0 Å². The van der Waals surface area contributed by atoms with E-state index in [2.05, 4.69) is 0 Å². The minimum Gasteiger partial charge on any atom is -0.269 e. The molecule has 0 saturated carbocycles. The third-order valence-electron chi connectivity index (χ3n) is 6.17. The third-order valence-corrected chi connectivity index (χ3v) is 6.17. The molecule has 0 aliphatic carbocycles. The molecule has 0 saturated heterocycles. The number of rotatable bonds is 4. The van der Waals surface area contributed by atoms with Gasteiger partial charge in [0.25, 0.3) is 11.8 Å². The number of amides is 2. The van der Waals surface area contributed by atoms with Crippen molar-refractivity contribution in [3.63, 3.8) is 0 Å². The topological polar surface area (TPSA) is 63.2 Å². The summed E-state index contributed by atoms with van der Waals surface area (Å²) in [6.07, 6.45) is 0.486. The number of carbonyl (C=O) groups excluding carboxylic acids is 2. The molecule has 1 unspecified atom stereocenters. The largest absolute Gasteiger partial charge is 0.269 e. The molecule has 2 amide bonds. The number of para-hydroxylation sites is 3. The molecule has 0 N–H and O–H groups in total. The summed E-state index contributed by atoms with van der Waals surface area (Å²) in [6, 6.07) is 29.9. The lowest BCUT2D eigenvalue weighted by atomic mass is 9.96. The van der Waals surface area contributed by atoms with Crippen molar-refractivity contribution in [3.05, 3.63) is 119 Å². The zero-order valence-electron chi connectivity index (χ0n) is 17.7. The average molecular weight is 429 g/mol. The van der Waals surface area contributed by atoms with Crippen LogP contribution in [0.1, 0.15) is 37.9 Å². The molecule has 5 nitrogen and oxygen atoms in total. The van der Waals surface area contributed by atoms with Crippen molar-refractivity contribution in [3.8, 4) is 0 Å². The lowest BCUT2D eigenvalue weighted by Crippen LogP contribution is -2.35. The number of nitrogens with zero attached hydrogens (tertiary/aromatic N) is 3. The van der Waals surface area contributed by atoms with Crippen LogP contribution < -0.4 is 0 Å². The van der Waals surface area contributed by atoms with Gasteiger partial charge in [-0.1, -0.05) is 66.7 Å². The van der Waals surface area contributed by atoms with Crippen LogP contribution in [0.4, 0.5) is 0 Å². The number of fused-ring (bicyclic) bond motifs is 3. The van der Waals surface area contributed by atoms with Crippen LogP contribution in [0.25, 0.3) is 22.1 Å². The van der Waals surface area contributed by atoms with E-state index in [0.29, 0.717) is 23.1 Å². The molecule has 158 valence electrons. The Kier molecular flexibility index (Phi) is 4.47. The summed E-state index contributed by atoms with van der Waals surface area (Å²) in [5, 5.41) is 0. The highest BCUT2D eigenvalue weighted by molar-refractivity contribution is 6.21. The lowest BCUT2D eigenvalue weighted by Gasteiger charge is -2.27. The van der Waals surface area contributed by atoms with Crippen LogP contribution in [-0.2, 0) is 6.42 Å². The summed E-state index contributed by atoms with van der Waals surface area (Å²) in [5.41, 5.74) is 5.75. The second-order valence-corrected chi connectivity index (χ2v) is 8.16. The number of benzene rings is 4. The van der Waals surface area contributed by atoms with Gasteiger partial charge >= 0.3 is 0 Å². The molecule has 1 aliphatic heterocycles. The van der Waals surface area contributed by atoms with Crippen LogP contribution in [0.2, 0.25) is 0 Å². The van der Waals surface area contributed by atoms with Gasteiger partial charge in [0.15, 0.2) is 0 Å².